The maximum Gasteiger partial charge on any atom is 0.338 e. The number of ether oxygens (including phenoxy) is 2. The Labute approximate surface area is 204 Å². The molecule has 35 heavy (non-hydrogen) atoms. The molecule has 0 radical (unpaired) electrons. The second-order valence-corrected chi connectivity index (χ2v) is 8.12. The highest BCUT2D eigenvalue weighted by atomic mass is 16.5. The third kappa shape index (κ3) is 4.17. The molecule has 3 aromatic rings. The lowest BCUT2D eigenvalue weighted by atomic mass is 9.73. The molecular formula is C28H26N2O5. The largest absolute Gasteiger partial charge is 0.497 e. The van der Waals surface area contributed by atoms with Gasteiger partial charge in [-0.2, -0.15) is 0 Å². The summed E-state index contributed by atoms with van der Waals surface area (Å²) in [6.45, 7) is 3.80. The van der Waals surface area contributed by atoms with Crippen molar-refractivity contribution in [1.82, 2.24) is 4.90 Å². The smallest absolute Gasteiger partial charge is 0.338 e. The van der Waals surface area contributed by atoms with E-state index in [1.165, 1.54) is 13.2 Å². The minimum atomic E-state index is -1.64. The number of carbonyl (C=O) groups excluding carboxylic acids is 3. The normalized spacial score (nSPS) is 17.9. The van der Waals surface area contributed by atoms with E-state index >= 15 is 0 Å². The Hall–Kier alpha value is -4.39. The summed E-state index contributed by atoms with van der Waals surface area (Å²) in [6, 6.07) is 21.8. The monoisotopic (exact) mass is 470 g/mol. The van der Waals surface area contributed by atoms with Gasteiger partial charge in [-0.25, -0.2) is 9.69 Å². The van der Waals surface area contributed by atoms with E-state index in [2.05, 4.69) is 6.58 Å². The summed E-state index contributed by atoms with van der Waals surface area (Å²) in [6.07, 6.45) is 1.57. The fraction of sp³-hybridized carbons (Fsp3) is 0.179. The zero-order valence-corrected chi connectivity index (χ0v) is 19.6. The second-order valence-electron chi connectivity index (χ2n) is 8.12. The first-order valence-electron chi connectivity index (χ1n) is 11.1. The van der Waals surface area contributed by atoms with Crippen LogP contribution in [0.1, 0.15) is 17.5 Å². The van der Waals surface area contributed by atoms with Crippen LogP contribution in [0.25, 0.3) is 0 Å². The van der Waals surface area contributed by atoms with Crippen LogP contribution >= 0.6 is 0 Å². The summed E-state index contributed by atoms with van der Waals surface area (Å²) in [5, 5.41) is 0. The van der Waals surface area contributed by atoms with Crippen LogP contribution in [-0.2, 0) is 21.5 Å². The Morgan fingerprint density at radius 1 is 0.800 bits per heavy atom. The van der Waals surface area contributed by atoms with Crippen molar-refractivity contribution in [2.75, 3.05) is 19.1 Å². The van der Waals surface area contributed by atoms with Gasteiger partial charge in [0.25, 0.3) is 11.8 Å². The Morgan fingerprint density at radius 3 is 1.91 bits per heavy atom. The molecule has 0 aliphatic carbocycles. The second kappa shape index (κ2) is 9.85. The van der Waals surface area contributed by atoms with Crippen molar-refractivity contribution in [2.24, 2.45) is 0 Å². The Balaban J connectivity index is 1.86. The van der Waals surface area contributed by atoms with E-state index in [1.807, 2.05) is 6.07 Å². The summed E-state index contributed by atoms with van der Waals surface area (Å²) in [4.78, 5) is 44.0. The SMILES string of the molecule is C=CCC1(c2ccccc2)C(=O)N(Cc2ccc(OC)cc2)C(=O)N(c2ccc(OC)cc2)C1=O. The lowest BCUT2D eigenvalue weighted by Crippen LogP contribution is -2.67. The standard InChI is InChI=1S/C28H26N2O5/c1-4-18-28(21-8-6-5-7-9-21)25(31)29(19-20-10-14-23(34-2)15-11-20)27(33)30(26(28)32)22-12-16-24(35-3)17-13-22/h4-17H,1,18-19H2,2-3H3. The summed E-state index contributed by atoms with van der Waals surface area (Å²) < 4.78 is 10.4. The number of anilines is 1. The number of barbiturate groups is 1. The molecule has 4 rings (SSSR count). The third-order valence-electron chi connectivity index (χ3n) is 6.15. The van der Waals surface area contributed by atoms with Gasteiger partial charge in [-0.15, -0.1) is 6.58 Å². The molecule has 4 amide bonds. The van der Waals surface area contributed by atoms with E-state index in [4.69, 9.17) is 9.47 Å². The van der Waals surface area contributed by atoms with Crippen LogP contribution in [0.2, 0.25) is 0 Å². The van der Waals surface area contributed by atoms with Crippen LogP contribution in [0.3, 0.4) is 0 Å². The first-order chi connectivity index (χ1) is 17.0. The van der Waals surface area contributed by atoms with Crippen molar-refractivity contribution in [3.05, 3.63) is 103 Å². The number of hydrogen-bond donors (Lipinski definition) is 0. The van der Waals surface area contributed by atoms with Crippen LogP contribution < -0.4 is 14.4 Å². The van der Waals surface area contributed by atoms with Crippen LogP contribution in [0, 0.1) is 0 Å². The number of methoxy groups -OCH3 is 2. The molecule has 1 aliphatic rings. The Bertz CT molecular complexity index is 1240. The van der Waals surface area contributed by atoms with Crippen molar-refractivity contribution < 1.29 is 23.9 Å². The van der Waals surface area contributed by atoms with Crippen LogP contribution in [-0.4, -0.2) is 37.0 Å². The average Bonchev–Trinajstić information content (AvgIpc) is 2.90. The molecule has 7 nitrogen and oxygen atoms in total. The summed E-state index contributed by atoms with van der Waals surface area (Å²) >= 11 is 0. The van der Waals surface area contributed by atoms with Gasteiger partial charge in [0.1, 0.15) is 11.5 Å². The van der Waals surface area contributed by atoms with E-state index in [-0.39, 0.29) is 13.0 Å². The predicted octanol–water partition coefficient (Wildman–Crippen LogP) is 4.71. The molecule has 0 N–H and O–H groups in total. The number of imide groups is 2. The van der Waals surface area contributed by atoms with E-state index in [0.29, 0.717) is 22.7 Å². The van der Waals surface area contributed by atoms with Crippen LogP contribution in [0.5, 0.6) is 11.5 Å². The fourth-order valence-corrected chi connectivity index (χ4v) is 4.30. The molecule has 0 spiro atoms. The van der Waals surface area contributed by atoms with Crippen molar-refractivity contribution in [3.63, 3.8) is 0 Å². The maximum absolute atomic E-state index is 14.1. The number of rotatable bonds is 8. The zero-order chi connectivity index (χ0) is 25.0. The minimum absolute atomic E-state index is 0.00662. The highest BCUT2D eigenvalue weighted by molar-refractivity contribution is 6.32. The Morgan fingerprint density at radius 2 is 1.37 bits per heavy atom. The Kier molecular flexibility index (Phi) is 6.68. The van der Waals surface area contributed by atoms with Crippen molar-refractivity contribution in [1.29, 1.82) is 0 Å². The lowest BCUT2D eigenvalue weighted by molar-refractivity contribution is -0.144. The van der Waals surface area contributed by atoms with Crippen molar-refractivity contribution in [3.8, 4) is 11.5 Å². The average molecular weight is 471 g/mol. The molecule has 178 valence electrons. The third-order valence-corrected chi connectivity index (χ3v) is 6.15. The van der Waals surface area contributed by atoms with E-state index < -0.39 is 23.3 Å². The molecule has 7 heteroatoms. The maximum atomic E-state index is 14.1. The highest BCUT2D eigenvalue weighted by Gasteiger charge is 2.58. The molecule has 1 saturated heterocycles. The number of urea groups is 1. The topological polar surface area (TPSA) is 76.2 Å². The molecule has 3 aromatic carbocycles. The first kappa shape index (κ1) is 23.8. The molecular weight excluding hydrogens is 444 g/mol. The lowest BCUT2D eigenvalue weighted by Gasteiger charge is -2.44. The van der Waals surface area contributed by atoms with Gasteiger partial charge in [0, 0.05) is 0 Å². The fourth-order valence-electron chi connectivity index (χ4n) is 4.30. The van der Waals surface area contributed by atoms with E-state index in [1.54, 1.807) is 79.9 Å². The quantitative estimate of drug-likeness (QED) is 0.352. The number of amides is 4. The minimum Gasteiger partial charge on any atom is -0.497 e. The van der Waals surface area contributed by atoms with Gasteiger partial charge < -0.3 is 9.47 Å². The van der Waals surface area contributed by atoms with Gasteiger partial charge in [-0.1, -0.05) is 48.5 Å². The predicted molar refractivity (Wildman–Crippen MR) is 132 cm³/mol. The van der Waals surface area contributed by atoms with Crippen molar-refractivity contribution >= 4 is 23.5 Å². The summed E-state index contributed by atoms with van der Waals surface area (Å²) in [5.74, 6) is 0.0385. The number of allylic oxidation sites excluding steroid dienone is 1. The van der Waals surface area contributed by atoms with E-state index in [9.17, 15) is 14.4 Å². The summed E-state index contributed by atoms with van der Waals surface area (Å²) in [5.41, 5.74) is -0.0707. The first-order valence-corrected chi connectivity index (χ1v) is 11.1. The van der Waals surface area contributed by atoms with Gasteiger partial charge in [-0.05, 0) is 53.9 Å². The number of carbonyl (C=O) groups is 3. The zero-order valence-electron chi connectivity index (χ0n) is 19.6. The van der Waals surface area contributed by atoms with Crippen LogP contribution in [0.4, 0.5) is 10.5 Å². The van der Waals surface area contributed by atoms with Crippen LogP contribution in [0.15, 0.2) is 91.5 Å². The molecule has 0 aromatic heterocycles. The van der Waals surface area contributed by atoms with Gasteiger partial charge in [-0.3, -0.25) is 14.5 Å². The van der Waals surface area contributed by atoms with E-state index in [0.717, 1.165) is 15.4 Å². The van der Waals surface area contributed by atoms with Crippen molar-refractivity contribution in [2.45, 2.75) is 18.4 Å². The van der Waals surface area contributed by atoms with Gasteiger partial charge in [0.15, 0.2) is 5.41 Å². The molecule has 1 aliphatic heterocycles. The highest BCUT2D eigenvalue weighted by Crippen LogP contribution is 2.40. The molecule has 1 fully saturated rings. The number of hydrogen-bond acceptors (Lipinski definition) is 5. The molecule has 1 heterocycles. The molecule has 0 bridgehead atoms. The van der Waals surface area contributed by atoms with Gasteiger partial charge in [0.05, 0.1) is 26.5 Å². The van der Waals surface area contributed by atoms with Gasteiger partial charge in [0.2, 0.25) is 0 Å². The number of benzene rings is 3. The molecule has 0 saturated carbocycles. The number of nitrogens with zero attached hydrogens (tertiary/aromatic N) is 2. The summed E-state index contributed by atoms with van der Waals surface area (Å²) in [7, 11) is 3.10. The molecule has 1 unspecified atom stereocenters. The van der Waals surface area contributed by atoms with Gasteiger partial charge >= 0.3 is 6.03 Å². The molecule has 1 atom stereocenters.